The van der Waals surface area contributed by atoms with E-state index in [2.05, 4.69) is 26.6 Å². The van der Waals surface area contributed by atoms with Gasteiger partial charge >= 0.3 is 0 Å². The molecular weight excluding hydrogens is 288 g/mol. The number of amides is 2. The van der Waals surface area contributed by atoms with Crippen molar-refractivity contribution in [3.63, 3.8) is 0 Å². The molecule has 0 unspecified atom stereocenters. The van der Waals surface area contributed by atoms with Gasteiger partial charge in [-0.25, -0.2) is 0 Å². The Balaban J connectivity index is 1.99. The smallest absolute Gasteiger partial charge is 0.287 e. The Morgan fingerprint density at radius 3 is 3.00 bits per heavy atom. The van der Waals surface area contributed by atoms with E-state index in [4.69, 9.17) is 4.42 Å². The van der Waals surface area contributed by atoms with Crippen LogP contribution in [0, 0.1) is 0 Å². The lowest BCUT2D eigenvalue weighted by atomic mass is 10.1. The van der Waals surface area contributed by atoms with Crippen molar-refractivity contribution in [2.24, 2.45) is 0 Å². The number of halogens is 1. The second-order valence-corrected chi connectivity index (χ2v) is 4.70. The van der Waals surface area contributed by atoms with Crippen LogP contribution >= 0.6 is 15.9 Å². The van der Waals surface area contributed by atoms with Crippen molar-refractivity contribution in [3.8, 4) is 0 Å². The molecule has 0 aliphatic carbocycles. The Labute approximate surface area is 107 Å². The van der Waals surface area contributed by atoms with Gasteiger partial charge in [0.25, 0.3) is 5.91 Å². The van der Waals surface area contributed by atoms with E-state index in [-0.39, 0.29) is 17.6 Å². The van der Waals surface area contributed by atoms with Gasteiger partial charge < -0.3 is 15.1 Å². The van der Waals surface area contributed by atoms with Crippen molar-refractivity contribution >= 4 is 27.7 Å². The number of carbonyl (C=O) groups excluding carboxylic acids is 2. The van der Waals surface area contributed by atoms with Crippen LogP contribution in [0.4, 0.5) is 0 Å². The Morgan fingerprint density at radius 2 is 2.29 bits per heavy atom. The van der Waals surface area contributed by atoms with E-state index in [1.165, 1.54) is 0 Å². The van der Waals surface area contributed by atoms with Gasteiger partial charge in [-0.15, -0.1) is 0 Å². The average molecular weight is 301 g/mol. The van der Waals surface area contributed by atoms with Gasteiger partial charge in [0.15, 0.2) is 10.4 Å². The summed E-state index contributed by atoms with van der Waals surface area (Å²) in [6, 6.07) is 2.74. The standard InChI is InChI=1S/C11H13BrN2O3/c12-9-5-4-8(17-9)11(16)14-7-3-1-2-6-13-10(7)15/h4-5,7H,1-3,6H2,(H,13,15)(H,14,16)/t7-/m1/s1. The molecule has 1 fully saturated rings. The number of hydrogen-bond donors (Lipinski definition) is 2. The molecule has 2 rings (SSSR count). The van der Waals surface area contributed by atoms with Gasteiger partial charge in [-0.1, -0.05) is 0 Å². The Hall–Kier alpha value is -1.30. The molecule has 1 aliphatic heterocycles. The monoisotopic (exact) mass is 300 g/mol. The molecule has 6 heteroatoms. The first-order chi connectivity index (χ1) is 8.16. The fraction of sp³-hybridized carbons (Fsp3) is 0.455. The number of carbonyl (C=O) groups is 2. The fourth-order valence-electron chi connectivity index (χ4n) is 1.74. The lowest BCUT2D eigenvalue weighted by Gasteiger charge is -2.13. The van der Waals surface area contributed by atoms with E-state index in [0.717, 1.165) is 12.8 Å². The summed E-state index contributed by atoms with van der Waals surface area (Å²) < 4.78 is 5.62. The third-order valence-corrected chi connectivity index (χ3v) is 3.06. The molecule has 17 heavy (non-hydrogen) atoms. The zero-order valence-electron chi connectivity index (χ0n) is 9.16. The summed E-state index contributed by atoms with van der Waals surface area (Å²) >= 11 is 3.12. The second-order valence-electron chi connectivity index (χ2n) is 3.92. The summed E-state index contributed by atoms with van der Waals surface area (Å²) in [4.78, 5) is 23.4. The predicted octanol–water partition coefficient (Wildman–Crippen LogP) is 1.44. The van der Waals surface area contributed by atoms with Crippen LogP contribution in [-0.4, -0.2) is 24.4 Å². The maximum atomic E-state index is 11.8. The van der Waals surface area contributed by atoms with E-state index in [1.54, 1.807) is 12.1 Å². The number of furan rings is 1. The molecule has 1 aromatic rings. The molecule has 1 atom stereocenters. The predicted molar refractivity (Wildman–Crippen MR) is 64.5 cm³/mol. The molecule has 1 aromatic heterocycles. The third kappa shape index (κ3) is 3.09. The van der Waals surface area contributed by atoms with Crippen molar-refractivity contribution < 1.29 is 14.0 Å². The summed E-state index contributed by atoms with van der Waals surface area (Å²) in [7, 11) is 0. The van der Waals surface area contributed by atoms with E-state index >= 15 is 0 Å². The van der Waals surface area contributed by atoms with E-state index in [0.29, 0.717) is 17.6 Å². The first-order valence-electron chi connectivity index (χ1n) is 5.51. The van der Waals surface area contributed by atoms with Crippen molar-refractivity contribution in [2.75, 3.05) is 6.54 Å². The SMILES string of the molecule is O=C(N[C@@H]1CCCCNC1=O)c1ccc(Br)o1. The summed E-state index contributed by atoms with van der Waals surface area (Å²) in [5.74, 6) is -0.284. The van der Waals surface area contributed by atoms with Crippen molar-refractivity contribution in [1.82, 2.24) is 10.6 Å². The van der Waals surface area contributed by atoms with Crippen LogP contribution < -0.4 is 10.6 Å². The molecule has 5 nitrogen and oxygen atoms in total. The van der Waals surface area contributed by atoms with Crippen molar-refractivity contribution in [1.29, 1.82) is 0 Å². The topological polar surface area (TPSA) is 71.3 Å². The first-order valence-corrected chi connectivity index (χ1v) is 6.30. The van der Waals surface area contributed by atoms with Crippen LogP contribution in [-0.2, 0) is 4.79 Å². The minimum absolute atomic E-state index is 0.124. The largest absolute Gasteiger partial charge is 0.444 e. The molecule has 0 saturated carbocycles. The minimum atomic E-state index is -0.464. The summed E-state index contributed by atoms with van der Waals surface area (Å²) in [6.45, 7) is 0.678. The van der Waals surface area contributed by atoms with Crippen molar-refractivity contribution in [2.45, 2.75) is 25.3 Å². The Bertz CT molecular complexity index is 430. The zero-order valence-corrected chi connectivity index (χ0v) is 10.7. The molecule has 0 radical (unpaired) electrons. The van der Waals surface area contributed by atoms with Gasteiger partial charge in [0, 0.05) is 6.54 Å². The highest BCUT2D eigenvalue weighted by Crippen LogP contribution is 2.14. The highest BCUT2D eigenvalue weighted by molar-refractivity contribution is 9.10. The highest BCUT2D eigenvalue weighted by atomic mass is 79.9. The summed E-state index contributed by atoms with van der Waals surface area (Å²) in [5.41, 5.74) is 0. The van der Waals surface area contributed by atoms with Crippen LogP contribution in [0.15, 0.2) is 21.2 Å². The maximum absolute atomic E-state index is 11.8. The van der Waals surface area contributed by atoms with Gasteiger partial charge in [0.05, 0.1) is 0 Å². The van der Waals surface area contributed by atoms with Gasteiger partial charge in [-0.05, 0) is 47.3 Å². The molecule has 1 aliphatic rings. The molecule has 0 spiro atoms. The van der Waals surface area contributed by atoms with E-state index < -0.39 is 6.04 Å². The van der Waals surface area contributed by atoms with Crippen LogP contribution in [0.1, 0.15) is 29.8 Å². The molecule has 2 amide bonds. The minimum Gasteiger partial charge on any atom is -0.444 e. The third-order valence-electron chi connectivity index (χ3n) is 2.64. The molecule has 1 saturated heterocycles. The van der Waals surface area contributed by atoms with Crippen LogP contribution in [0.25, 0.3) is 0 Å². The van der Waals surface area contributed by atoms with Crippen LogP contribution in [0.2, 0.25) is 0 Å². The maximum Gasteiger partial charge on any atom is 0.287 e. The summed E-state index contributed by atoms with van der Waals surface area (Å²) in [5, 5.41) is 5.44. The highest BCUT2D eigenvalue weighted by Gasteiger charge is 2.23. The summed E-state index contributed by atoms with van der Waals surface area (Å²) in [6.07, 6.45) is 2.54. The zero-order chi connectivity index (χ0) is 12.3. The fourth-order valence-corrected chi connectivity index (χ4v) is 2.05. The average Bonchev–Trinajstić information content (AvgIpc) is 2.63. The molecule has 2 heterocycles. The van der Waals surface area contributed by atoms with Crippen LogP contribution in [0.5, 0.6) is 0 Å². The second kappa shape index (κ2) is 5.35. The normalized spacial score (nSPS) is 20.5. The quantitative estimate of drug-likeness (QED) is 0.868. The van der Waals surface area contributed by atoms with Gasteiger partial charge in [0.2, 0.25) is 5.91 Å². The number of hydrogen-bond acceptors (Lipinski definition) is 3. The van der Waals surface area contributed by atoms with Gasteiger partial charge in [0.1, 0.15) is 6.04 Å². The number of rotatable bonds is 2. The molecule has 0 bridgehead atoms. The number of nitrogens with one attached hydrogen (secondary N) is 2. The van der Waals surface area contributed by atoms with Crippen LogP contribution in [0.3, 0.4) is 0 Å². The van der Waals surface area contributed by atoms with Crippen molar-refractivity contribution in [3.05, 3.63) is 22.6 Å². The molecule has 92 valence electrons. The lowest BCUT2D eigenvalue weighted by molar-refractivity contribution is -0.122. The van der Waals surface area contributed by atoms with E-state index in [1.807, 2.05) is 0 Å². The van der Waals surface area contributed by atoms with Gasteiger partial charge in [-0.2, -0.15) is 0 Å². The molecular formula is C11H13BrN2O3. The lowest BCUT2D eigenvalue weighted by Crippen LogP contribution is -2.45. The Kier molecular flexibility index (Phi) is 3.83. The molecule has 2 N–H and O–H groups in total. The molecule has 0 aromatic carbocycles. The van der Waals surface area contributed by atoms with E-state index in [9.17, 15) is 9.59 Å². The van der Waals surface area contributed by atoms with Gasteiger partial charge in [-0.3, -0.25) is 9.59 Å². The Morgan fingerprint density at radius 1 is 1.47 bits per heavy atom. The first kappa shape index (κ1) is 12.2.